The van der Waals surface area contributed by atoms with Gasteiger partial charge in [-0.05, 0) is 18.4 Å². The third-order valence-corrected chi connectivity index (χ3v) is 4.02. The molecule has 0 saturated carbocycles. The van der Waals surface area contributed by atoms with Gasteiger partial charge in [0.2, 0.25) is 0 Å². The van der Waals surface area contributed by atoms with Gasteiger partial charge in [-0.1, -0.05) is 30.3 Å². The molecule has 0 aliphatic carbocycles. The Morgan fingerprint density at radius 3 is 2.54 bits per heavy atom. The lowest BCUT2D eigenvalue weighted by atomic mass is 10.1. The van der Waals surface area contributed by atoms with Crippen molar-refractivity contribution in [3.63, 3.8) is 0 Å². The van der Waals surface area contributed by atoms with Crippen LogP contribution in [0.2, 0.25) is 0 Å². The predicted molar refractivity (Wildman–Crippen MR) is 88.3 cm³/mol. The van der Waals surface area contributed by atoms with Gasteiger partial charge in [0.1, 0.15) is 5.82 Å². The summed E-state index contributed by atoms with van der Waals surface area (Å²) in [5.74, 6) is -0.978. The van der Waals surface area contributed by atoms with E-state index in [0.29, 0.717) is 36.8 Å². The van der Waals surface area contributed by atoms with Crippen LogP contribution in [-0.4, -0.2) is 9.55 Å². The van der Waals surface area contributed by atoms with E-state index in [1.807, 2.05) is 34.9 Å². The Kier molecular flexibility index (Phi) is 4.85. The van der Waals surface area contributed by atoms with Crippen LogP contribution in [0.1, 0.15) is 24.2 Å². The van der Waals surface area contributed by atoms with Crippen molar-refractivity contribution >= 4 is 11.0 Å². The van der Waals surface area contributed by atoms with Gasteiger partial charge < -0.3 is 4.57 Å². The molecule has 0 unspecified atom stereocenters. The standard InChI is InChI=1S/C19H17F2N3/c20-15-12-17-18(13-16(15)21)24(11-5-4-10-22)19(23-17)9-8-14-6-2-1-3-7-14/h1-3,6-7,12-13H,4-5,8-9,11H2. The molecule has 0 amide bonds. The van der Waals surface area contributed by atoms with Crippen LogP contribution < -0.4 is 0 Å². The highest BCUT2D eigenvalue weighted by Crippen LogP contribution is 2.22. The summed E-state index contributed by atoms with van der Waals surface area (Å²) in [4.78, 5) is 4.48. The van der Waals surface area contributed by atoms with Crippen molar-refractivity contribution in [2.75, 3.05) is 0 Å². The monoisotopic (exact) mass is 325 g/mol. The number of nitrogens with zero attached hydrogens (tertiary/aromatic N) is 3. The van der Waals surface area contributed by atoms with Gasteiger partial charge in [-0.2, -0.15) is 5.26 Å². The molecule has 0 N–H and O–H groups in total. The highest BCUT2D eigenvalue weighted by Gasteiger charge is 2.14. The normalized spacial score (nSPS) is 10.9. The molecule has 5 heteroatoms. The minimum atomic E-state index is -0.890. The van der Waals surface area contributed by atoms with E-state index < -0.39 is 11.6 Å². The lowest BCUT2D eigenvalue weighted by Crippen LogP contribution is -2.06. The molecule has 0 atom stereocenters. The van der Waals surface area contributed by atoms with E-state index in [-0.39, 0.29) is 0 Å². The molecule has 0 aliphatic heterocycles. The SMILES string of the molecule is N#CCCCn1c(CCc2ccccc2)nc2cc(F)c(F)cc21. The number of aromatic nitrogens is 2. The quantitative estimate of drug-likeness (QED) is 0.630. The zero-order chi connectivity index (χ0) is 16.9. The van der Waals surface area contributed by atoms with E-state index in [2.05, 4.69) is 11.1 Å². The fraction of sp³-hybridized carbons (Fsp3) is 0.263. The Bertz CT molecular complexity index is 879. The summed E-state index contributed by atoms with van der Waals surface area (Å²) in [7, 11) is 0. The second-order valence-electron chi connectivity index (χ2n) is 5.68. The fourth-order valence-electron chi connectivity index (χ4n) is 2.83. The minimum Gasteiger partial charge on any atom is -0.328 e. The van der Waals surface area contributed by atoms with Crippen LogP contribution in [0.25, 0.3) is 11.0 Å². The van der Waals surface area contributed by atoms with Crippen LogP contribution in [0.15, 0.2) is 42.5 Å². The van der Waals surface area contributed by atoms with Gasteiger partial charge in [0.15, 0.2) is 11.6 Å². The number of aryl methyl sites for hydroxylation is 3. The number of imidazole rings is 1. The number of nitriles is 1. The molecule has 3 aromatic rings. The van der Waals surface area contributed by atoms with Gasteiger partial charge in [0, 0.05) is 31.5 Å². The van der Waals surface area contributed by atoms with Crippen molar-refractivity contribution in [1.82, 2.24) is 9.55 Å². The molecule has 3 rings (SSSR count). The number of benzene rings is 2. The molecule has 1 heterocycles. The first-order chi connectivity index (χ1) is 11.7. The summed E-state index contributed by atoms with van der Waals surface area (Å²) >= 11 is 0. The number of hydrogen-bond acceptors (Lipinski definition) is 2. The molecule has 3 nitrogen and oxygen atoms in total. The smallest absolute Gasteiger partial charge is 0.161 e. The van der Waals surface area contributed by atoms with Crippen LogP contribution in [-0.2, 0) is 19.4 Å². The van der Waals surface area contributed by atoms with Crippen LogP contribution in [0.5, 0.6) is 0 Å². The largest absolute Gasteiger partial charge is 0.328 e. The minimum absolute atomic E-state index is 0.418. The zero-order valence-corrected chi connectivity index (χ0v) is 13.2. The zero-order valence-electron chi connectivity index (χ0n) is 13.2. The van der Waals surface area contributed by atoms with E-state index >= 15 is 0 Å². The van der Waals surface area contributed by atoms with Crippen molar-refractivity contribution in [1.29, 1.82) is 5.26 Å². The Labute approximate surface area is 139 Å². The summed E-state index contributed by atoms with van der Waals surface area (Å²) in [5, 5.41) is 8.73. The maximum atomic E-state index is 13.6. The van der Waals surface area contributed by atoms with Crippen molar-refractivity contribution in [3.05, 3.63) is 65.5 Å². The lowest BCUT2D eigenvalue weighted by molar-refractivity contribution is 0.510. The van der Waals surface area contributed by atoms with Crippen LogP contribution in [0, 0.1) is 23.0 Å². The van der Waals surface area contributed by atoms with E-state index in [4.69, 9.17) is 5.26 Å². The van der Waals surface area contributed by atoms with E-state index in [9.17, 15) is 8.78 Å². The molecule has 0 aliphatic rings. The second-order valence-corrected chi connectivity index (χ2v) is 5.68. The molecule has 24 heavy (non-hydrogen) atoms. The summed E-state index contributed by atoms with van der Waals surface area (Å²) in [6, 6.07) is 14.5. The van der Waals surface area contributed by atoms with E-state index in [1.54, 1.807) is 0 Å². The maximum Gasteiger partial charge on any atom is 0.161 e. The third kappa shape index (κ3) is 3.43. The van der Waals surface area contributed by atoms with Crippen molar-refractivity contribution in [3.8, 4) is 6.07 Å². The molecule has 0 bridgehead atoms. The summed E-state index contributed by atoms with van der Waals surface area (Å²) < 4.78 is 29.0. The van der Waals surface area contributed by atoms with Gasteiger partial charge >= 0.3 is 0 Å². The Hall–Kier alpha value is -2.74. The van der Waals surface area contributed by atoms with Gasteiger partial charge in [-0.15, -0.1) is 0 Å². The van der Waals surface area contributed by atoms with Crippen LogP contribution >= 0.6 is 0 Å². The molecule has 1 aromatic heterocycles. The molecule has 2 aromatic carbocycles. The second kappa shape index (κ2) is 7.22. The molecule has 122 valence electrons. The molecular weight excluding hydrogens is 308 g/mol. The number of rotatable bonds is 6. The average Bonchev–Trinajstić information content (AvgIpc) is 2.91. The topological polar surface area (TPSA) is 41.6 Å². The highest BCUT2D eigenvalue weighted by molar-refractivity contribution is 5.76. The van der Waals surface area contributed by atoms with Gasteiger partial charge in [-0.25, -0.2) is 13.8 Å². The molecule has 0 spiro atoms. The maximum absolute atomic E-state index is 13.6. The number of unbranched alkanes of at least 4 members (excludes halogenated alkanes) is 1. The van der Waals surface area contributed by atoms with E-state index in [1.165, 1.54) is 11.6 Å². The predicted octanol–water partition coefficient (Wildman–Crippen LogP) is 4.40. The summed E-state index contributed by atoms with van der Waals surface area (Å²) in [5.41, 5.74) is 2.22. The van der Waals surface area contributed by atoms with Crippen LogP contribution in [0.4, 0.5) is 8.78 Å². The summed E-state index contributed by atoms with van der Waals surface area (Å²) in [6.07, 6.45) is 2.54. The average molecular weight is 325 g/mol. The Balaban J connectivity index is 1.92. The number of hydrogen-bond donors (Lipinski definition) is 0. The first kappa shape index (κ1) is 16.1. The number of halogens is 2. The van der Waals surface area contributed by atoms with Crippen molar-refractivity contribution in [2.24, 2.45) is 0 Å². The molecule has 0 radical (unpaired) electrons. The first-order valence-corrected chi connectivity index (χ1v) is 7.94. The van der Waals surface area contributed by atoms with Crippen molar-refractivity contribution in [2.45, 2.75) is 32.2 Å². The van der Waals surface area contributed by atoms with Crippen LogP contribution in [0.3, 0.4) is 0 Å². The number of fused-ring (bicyclic) bond motifs is 1. The first-order valence-electron chi connectivity index (χ1n) is 7.94. The Morgan fingerprint density at radius 2 is 1.79 bits per heavy atom. The third-order valence-electron chi connectivity index (χ3n) is 4.02. The summed E-state index contributed by atoms with van der Waals surface area (Å²) in [6.45, 7) is 0.569. The van der Waals surface area contributed by atoms with Gasteiger partial charge in [0.25, 0.3) is 0 Å². The fourth-order valence-corrected chi connectivity index (χ4v) is 2.83. The molecular formula is C19H17F2N3. The highest BCUT2D eigenvalue weighted by atomic mass is 19.2. The van der Waals surface area contributed by atoms with Gasteiger partial charge in [0.05, 0.1) is 17.1 Å². The van der Waals surface area contributed by atoms with Gasteiger partial charge in [-0.3, -0.25) is 0 Å². The molecule has 0 fully saturated rings. The molecule has 0 saturated heterocycles. The lowest BCUT2D eigenvalue weighted by Gasteiger charge is -2.08. The van der Waals surface area contributed by atoms with Crippen molar-refractivity contribution < 1.29 is 8.78 Å². The Morgan fingerprint density at radius 1 is 1.04 bits per heavy atom. The van der Waals surface area contributed by atoms with E-state index in [0.717, 1.165) is 18.3 Å².